The van der Waals surface area contributed by atoms with E-state index in [9.17, 15) is 4.79 Å². The summed E-state index contributed by atoms with van der Waals surface area (Å²) in [6.07, 6.45) is 1.70. The molecule has 0 fully saturated rings. The first-order chi connectivity index (χ1) is 7.15. The molecule has 0 aromatic carbocycles. The van der Waals surface area contributed by atoms with Crippen LogP contribution in [0.15, 0.2) is 17.5 Å². The Balaban J connectivity index is 2.46. The lowest BCUT2D eigenvalue weighted by Crippen LogP contribution is -2.41. The van der Waals surface area contributed by atoms with Gasteiger partial charge in [0.15, 0.2) is 0 Å². The third-order valence-electron chi connectivity index (χ3n) is 2.27. The first-order valence-electron chi connectivity index (χ1n) is 5.18. The molecule has 3 nitrogen and oxygen atoms in total. The zero-order chi connectivity index (χ0) is 11.3. The molecular weight excluding hydrogens is 208 g/mol. The lowest BCUT2D eigenvalue weighted by atomic mass is 10.1. The number of rotatable bonds is 5. The van der Waals surface area contributed by atoms with Crippen LogP contribution in [0.25, 0.3) is 0 Å². The van der Waals surface area contributed by atoms with Crippen molar-refractivity contribution in [1.82, 2.24) is 4.90 Å². The van der Waals surface area contributed by atoms with E-state index in [1.54, 1.807) is 23.3 Å². The van der Waals surface area contributed by atoms with Gasteiger partial charge in [0.05, 0.1) is 12.6 Å². The fourth-order valence-electron chi connectivity index (χ4n) is 1.43. The topological polar surface area (TPSA) is 46.3 Å². The molecule has 0 aliphatic rings. The molecule has 0 unspecified atom stereocenters. The van der Waals surface area contributed by atoms with Crippen LogP contribution in [0.5, 0.6) is 0 Å². The van der Waals surface area contributed by atoms with Crippen LogP contribution >= 0.6 is 11.3 Å². The number of nitrogens with zero attached hydrogens (tertiary/aromatic N) is 1. The van der Waals surface area contributed by atoms with Crippen molar-refractivity contribution in [2.75, 3.05) is 7.05 Å². The Morgan fingerprint density at radius 3 is 2.93 bits per heavy atom. The molecule has 1 atom stereocenters. The highest BCUT2D eigenvalue weighted by atomic mass is 32.1. The summed E-state index contributed by atoms with van der Waals surface area (Å²) in [5.41, 5.74) is 5.77. The molecule has 1 amide bonds. The molecule has 0 aliphatic heterocycles. The number of thiophene rings is 1. The lowest BCUT2D eigenvalue weighted by molar-refractivity contribution is -0.131. The molecule has 2 N–H and O–H groups in total. The Bertz CT molecular complexity index is 298. The van der Waals surface area contributed by atoms with Gasteiger partial charge in [-0.05, 0) is 17.9 Å². The molecule has 0 radical (unpaired) electrons. The zero-order valence-corrected chi connectivity index (χ0v) is 10.1. The number of nitrogens with two attached hydrogens (primary N) is 1. The largest absolute Gasteiger partial charge is 0.339 e. The van der Waals surface area contributed by atoms with Crippen molar-refractivity contribution in [1.29, 1.82) is 0 Å². The normalized spacial score (nSPS) is 12.5. The highest BCUT2D eigenvalue weighted by Crippen LogP contribution is 2.11. The van der Waals surface area contributed by atoms with Crippen molar-refractivity contribution in [2.24, 2.45) is 5.73 Å². The van der Waals surface area contributed by atoms with E-state index < -0.39 is 0 Å². The van der Waals surface area contributed by atoms with Gasteiger partial charge in [-0.2, -0.15) is 0 Å². The lowest BCUT2D eigenvalue weighted by Gasteiger charge is -2.20. The number of carbonyl (C=O) groups excluding carboxylic acids is 1. The number of hydrogen-bond donors (Lipinski definition) is 1. The summed E-state index contributed by atoms with van der Waals surface area (Å²) < 4.78 is 0. The van der Waals surface area contributed by atoms with Gasteiger partial charge in [-0.15, -0.1) is 11.3 Å². The first kappa shape index (κ1) is 12.2. The summed E-state index contributed by atoms with van der Waals surface area (Å²) in [6.45, 7) is 2.69. The molecule has 1 heterocycles. The number of likely N-dealkylation sites (N-methyl/N-ethyl adjacent to an activating group) is 1. The Morgan fingerprint density at radius 1 is 1.67 bits per heavy atom. The van der Waals surface area contributed by atoms with Gasteiger partial charge in [-0.25, -0.2) is 0 Å². The van der Waals surface area contributed by atoms with Crippen LogP contribution in [0.4, 0.5) is 0 Å². The zero-order valence-electron chi connectivity index (χ0n) is 9.27. The third-order valence-corrected chi connectivity index (χ3v) is 3.13. The van der Waals surface area contributed by atoms with Crippen LogP contribution in [0.2, 0.25) is 0 Å². The van der Waals surface area contributed by atoms with E-state index in [1.165, 1.54) is 4.88 Å². The van der Waals surface area contributed by atoms with Gasteiger partial charge >= 0.3 is 0 Å². The molecule has 1 aromatic heterocycles. The van der Waals surface area contributed by atoms with Crippen molar-refractivity contribution in [2.45, 2.75) is 32.4 Å². The van der Waals surface area contributed by atoms with Gasteiger partial charge in [0.1, 0.15) is 0 Å². The molecule has 0 spiro atoms. The summed E-state index contributed by atoms with van der Waals surface area (Å²) in [5.74, 6) is 0.0326. The predicted octanol–water partition coefficient (Wildman–Crippen LogP) is 1.83. The summed E-state index contributed by atoms with van der Waals surface area (Å²) >= 11 is 1.66. The number of hydrogen-bond acceptors (Lipinski definition) is 3. The molecule has 15 heavy (non-hydrogen) atoms. The van der Waals surface area contributed by atoms with Crippen LogP contribution in [-0.2, 0) is 11.3 Å². The molecule has 1 aromatic rings. The smallest absolute Gasteiger partial charge is 0.239 e. The third kappa shape index (κ3) is 3.64. The maximum atomic E-state index is 11.8. The predicted molar refractivity (Wildman–Crippen MR) is 63.7 cm³/mol. The summed E-state index contributed by atoms with van der Waals surface area (Å²) in [5, 5.41) is 2.01. The molecule has 0 bridgehead atoms. The summed E-state index contributed by atoms with van der Waals surface area (Å²) in [4.78, 5) is 14.7. The standard InChI is InChI=1S/C11H18N2OS/c1-3-5-10(12)11(14)13(2)8-9-6-4-7-15-9/h4,6-7,10H,3,5,8,12H2,1-2H3/t10-/m0/s1. The fourth-order valence-corrected chi connectivity index (χ4v) is 2.19. The second-order valence-electron chi connectivity index (χ2n) is 3.67. The van der Waals surface area contributed by atoms with Crippen molar-refractivity contribution in [3.8, 4) is 0 Å². The Kier molecular flexibility index (Phi) is 4.78. The average Bonchev–Trinajstić information content (AvgIpc) is 2.69. The van der Waals surface area contributed by atoms with Crippen molar-refractivity contribution >= 4 is 17.2 Å². The minimum absolute atomic E-state index is 0.0326. The van der Waals surface area contributed by atoms with E-state index >= 15 is 0 Å². The minimum Gasteiger partial charge on any atom is -0.339 e. The Labute approximate surface area is 94.9 Å². The Morgan fingerprint density at radius 2 is 2.40 bits per heavy atom. The van der Waals surface area contributed by atoms with Gasteiger partial charge in [0.25, 0.3) is 0 Å². The van der Waals surface area contributed by atoms with Crippen molar-refractivity contribution in [3.05, 3.63) is 22.4 Å². The van der Waals surface area contributed by atoms with Gasteiger partial charge in [0, 0.05) is 11.9 Å². The number of amides is 1. The molecule has 1 rings (SSSR count). The van der Waals surface area contributed by atoms with Crippen LogP contribution in [0, 0.1) is 0 Å². The fraction of sp³-hybridized carbons (Fsp3) is 0.545. The van der Waals surface area contributed by atoms with Crippen LogP contribution in [-0.4, -0.2) is 23.9 Å². The quantitative estimate of drug-likeness (QED) is 0.832. The molecular formula is C11H18N2OS. The Hall–Kier alpha value is -0.870. The summed E-state index contributed by atoms with van der Waals surface area (Å²) in [6, 6.07) is 3.67. The summed E-state index contributed by atoms with van der Waals surface area (Å²) in [7, 11) is 1.80. The van der Waals surface area contributed by atoms with Gasteiger partial charge in [-0.3, -0.25) is 4.79 Å². The van der Waals surface area contributed by atoms with E-state index in [2.05, 4.69) is 0 Å². The van der Waals surface area contributed by atoms with E-state index in [1.807, 2.05) is 24.4 Å². The van der Waals surface area contributed by atoms with E-state index in [0.29, 0.717) is 6.54 Å². The van der Waals surface area contributed by atoms with Crippen LogP contribution in [0.3, 0.4) is 0 Å². The first-order valence-corrected chi connectivity index (χ1v) is 6.06. The van der Waals surface area contributed by atoms with Gasteiger partial charge in [-0.1, -0.05) is 19.4 Å². The highest BCUT2D eigenvalue weighted by Gasteiger charge is 2.17. The maximum Gasteiger partial charge on any atom is 0.239 e. The molecule has 4 heteroatoms. The van der Waals surface area contributed by atoms with Crippen molar-refractivity contribution < 1.29 is 4.79 Å². The van der Waals surface area contributed by atoms with Crippen molar-refractivity contribution in [3.63, 3.8) is 0 Å². The average molecular weight is 226 g/mol. The highest BCUT2D eigenvalue weighted by molar-refractivity contribution is 7.09. The van der Waals surface area contributed by atoms with E-state index in [-0.39, 0.29) is 11.9 Å². The van der Waals surface area contributed by atoms with Gasteiger partial charge < -0.3 is 10.6 Å². The molecule has 0 saturated heterocycles. The molecule has 0 saturated carbocycles. The van der Waals surface area contributed by atoms with E-state index in [0.717, 1.165) is 12.8 Å². The second kappa shape index (κ2) is 5.88. The maximum absolute atomic E-state index is 11.8. The van der Waals surface area contributed by atoms with Crippen LogP contribution < -0.4 is 5.73 Å². The monoisotopic (exact) mass is 226 g/mol. The molecule has 0 aliphatic carbocycles. The number of carbonyl (C=O) groups is 1. The van der Waals surface area contributed by atoms with Gasteiger partial charge in [0.2, 0.25) is 5.91 Å². The second-order valence-corrected chi connectivity index (χ2v) is 4.70. The van der Waals surface area contributed by atoms with E-state index in [4.69, 9.17) is 5.73 Å². The minimum atomic E-state index is -0.347. The SMILES string of the molecule is CCC[C@H](N)C(=O)N(C)Cc1cccs1. The van der Waals surface area contributed by atoms with Crippen LogP contribution in [0.1, 0.15) is 24.6 Å². The molecule has 84 valence electrons.